The fourth-order valence-electron chi connectivity index (χ4n) is 2.82. The van der Waals surface area contributed by atoms with E-state index in [0.29, 0.717) is 6.54 Å². The molecule has 7 heteroatoms. The van der Waals surface area contributed by atoms with E-state index in [9.17, 15) is 8.42 Å². The third-order valence-corrected chi connectivity index (χ3v) is 6.92. The summed E-state index contributed by atoms with van der Waals surface area (Å²) in [6.07, 6.45) is 2.79. The van der Waals surface area contributed by atoms with Crippen LogP contribution < -0.4 is 0 Å². The second-order valence-corrected chi connectivity index (χ2v) is 8.55. The number of ether oxygens (including phenoxy) is 1. The zero-order valence-corrected chi connectivity index (χ0v) is 14.2. The molecule has 0 radical (unpaired) electrons. The van der Waals surface area contributed by atoms with E-state index >= 15 is 0 Å². The summed E-state index contributed by atoms with van der Waals surface area (Å²) in [7, 11) is -1.78. The minimum absolute atomic E-state index is 0.0326. The zero-order chi connectivity index (χ0) is 15.6. The smallest absolute Gasteiger partial charge is 0.217 e. The maximum atomic E-state index is 12.6. The fraction of sp³-hybridized carbons (Fsp3) is 0.533. The molecule has 0 aliphatic carbocycles. The van der Waals surface area contributed by atoms with Gasteiger partial charge < -0.3 is 4.74 Å². The highest BCUT2D eigenvalue weighted by Gasteiger charge is 2.34. The molecule has 0 spiro atoms. The van der Waals surface area contributed by atoms with Crippen LogP contribution in [0.5, 0.6) is 0 Å². The van der Waals surface area contributed by atoms with Crippen molar-refractivity contribution >= 4 is 31.6 Å². The van der Waals surface area contributed by atoms with Crippen molar-refractivity contribution < 1.29 is 13.2 Å². The van der Waals surface area contributed by atoms with Crippen LogP contribution in [0.4, 0.5) is 0 Å². The van der Waals surface area contributed by atoms with Crippen LogP contribution in [0.3, 0.4) is 0 Å². The Hall–Kier alpha value is -1.02. The number of para-hydroxylation sites is 1. The predicted octanol–water partition coefficient (Wildman–Crippen LogP) is 2.80. The Kier molecular flexibility index (Phi) is 4.77. The predicted molar refractivity (Wildman–Crippen MR) is 88.6 cm³/mol. The summed E-state index contributed by atoms with van der Waals surface area (Å²) in [5.41, 5.74) is 0.947. The van der Waals surface area contributed by atoms with Crippen molar-refractivity contribution in [3.63, 3.8) is 0 Å². The van der Waals surface area contributed by atoms with Gasteiger partial charge in [0.15, 0.2) is 0 Å². The van der Waals surface area contributed by atoms with Crippen molar-refractivity contribution in [3.05, 3.63) is 29.3 Å². The minimum atomic E-state index is -3.31. The van der Waals surface area contributed by atoms with Gasteiger partial charge in [-0.15, -0.1) is 11.3 Å². The number of sulfonamides is 1. The largest absolute Gasteiger partial charge is 0.384 e. The van der Waals surface area contributed by atoms with Gasteiger partial charge in [-0.25, -0.2) is 13.4 Å². The first kappa shape index (κ1) is 15.9. The first-order valence-corrected chi connectivity index (χ1v) is 9.88. The van der Waals surface area contributed by atoms with Gasteiger partial charge in [0.2, 0.25) is 10.0 Å². The van der Waals surface area contributed by atoms with E-state index in [1.165, 1.54) is 7.11 Å². The van der Waals surface area contributed by atoms with Crippen molar-refractivity contribution in [1.82, 2.24) is 9.29 Å². The zero-order valence-electron chi connectivity index (χ0n) is 12.6. The summed E-state index contributed by atoms with van der Waals surface area (Å²) in [5, 5.41) is 0.905. The van der Waals surface area contributed by atoms with Gasteiger partial charge in [0.1, 0.15) is 5.01 Å². The van der Waals surface area contributed by atoms with E-state index in [-0.39, 0.29) is 18.4 Å². The maximum absolute atomic E-state index is 12.6. The summed E-state index contributed by atoms with van der Waals surface area (Å²) < 4.78 is 32.8. The topological polar surface area (TPSA) is 59.5 Å². The van der Waals surface area contributed by atoms with Crippen molar-refractivity contribution in [2.45, 2.75) is 25.3 Å². The first-order chi connectivity index (χ1) is 10.6. The molecule has 1 atom stereocenters. The molecule has 1 aromatic carbocycles. The van der Waals surface area contributed by atoms with Gasteiger partial charge >= 0.3 is 0 Å². The lowest BCUT2D eigenvalue weighted by atomic mass is 10.1. The Morgan fingerprint density at radius 1 is 1.36 bits per heavy atom. The molecule has 1 aliphatic heterocycles. The van der Waals surface area contributed by atoms with Crippen LogP contribution in [0.25, 0.3) is 10.2 Å². The van der Waals surface area contributed by atoms with Gasteiger partial charge in [0.25, 0.3) is 0 Å². The van der Waals surface area contributed by atoms with E-state index in [2.05, 4.69) is 4.98 Å². The molecule has 1 aliphatic rings. The lowest BCUT2D eigenvalue weighted by Gasteiger charge is -2.33. The van der Waals surface area contributed by atoms with Gasteiger partial charge in [0, 0.05) is 13.7 Å². The van der Waals surface area contributed by atoms with Gasteiger partial charge in [0.05, 0.1) is 28.6 Å². The standard InChI is InChI=1S/C15H20N2O3S2/c1-20-10-11-22(18,19)17-9-5-4-7-13(17)15-16-12-6-2-3-8-14(12)21-15/h2-3,6,8,13H,4-5,7,9-11H2,1H3. The van der Waals surface area contributed by atoms with Crippen LogP contribution >= 0.6 is 11.3 Å². The fourth-order valence-corrected chi connectivity index (χ4v) is 5.62. The van der Waals surface area contributed by atoms with Gasteiger partial charge in [-0.2, -0.15) is 4.31 Å². The highest BCUT2D eigenvalue weighted by Crippen LogP contribution is 2.37. The first-order valence-electron chi connectivity index (χ1n) is 7.46. The molecule has 0 amide bonds. The summed E-state index contributed by atoms with van der Waals surface area (Å²) in [6.45, 7) is 0.804. The Morgan fingerprint density at radius 2 is 2.18 bits per heavy atom. The molecular formula is C15H20N2O3S2. The molecular weight excluding hydrogens is 320 g/mol. The molecule has 2 aromatic rings. The number of methoxy groups -OCH3 is 1. The molecule has 1 saturated heterocycles. The van der Waals surface area contributed by atoms with Crippen LogP contribution in [-0.2, 0) is 14.8 Å². The van der Waals surface area contributed by atoms with E-state index in [4.69, 9.17) is 4.74 Å². The third-order valence-electron chi connectivity index (χ3n) is 3.95. The number of aromatic nitrogens is 1. The van der Waals surface area contributed by atoms with Gasteiger partial charge in [-0.3, -0.25) is 0 Å². The number of hydrogen-bond acceptors (Lipinski definition) is 5. The van der Waals surface area contributed by atoms with Crippen LogP contribution in [0.15, 0.2) is 24.3 Å². The van der Waals surface area contributed by atoms with Crippen molar-refractivity contribution in [1.29, 1.82) is 0 Å². The lowest BCUT2D eigenvalue weighted by molar-refractivity contribution is 0.210. The molecule has 1 fully saturated rings. The van der Waals surface area contributed by atoms with Gasteiger partial charge in [-0.05, 0) is 25.0 Å². The number of benzene rings is 1. The van der Waals surface area contributed by atoms with Crippen LogP contribution in [0.1, 0.15) is 30.3 Å². The minimum Gasteiger partial charge on any atom is -0.384 e. The molecule has 3 rings (SSSR count). The normalized spacial score (nSPS) is 20.5. The summed E-state index contributed by atoms with van der Waals surface area (Å²) in [5.74, 6) is 0.0326. The highest BCUT2D eigenvalue weighted by atomic mass is 32.2. The molecule has 0 N–H and O–H groups in total. The average Bonchev–Trinajstić information content (AvgIpc) is 2.97. The summed E-state index contributed by atoms with van der Waals surface area (Å²) in [6, 6.07) is 7.82. The Labute approximate surface area is 135 Å². The van der Waals surface area contributed by atoms with Crippen molar-refractivity contribution in [2.75, 3.05) is 26.0 Å². The Bertz CT molecular complexity index is 709. The molecule has 1 unspecified atom stereocenters. The number of thiazole rings is 1. The van der Waals surface area contributed by atoms with Crippen LogP contribution in [0.2, 0.25) is 0 Å². The van der Waals surface area contributed by atoms with E-state index < -0.39 is 10.0 Å². The third kappa shape index (κ3) is 3.17. The summed E-state index contributed by atoms with van der Waals surface area (Å²) >= 11 is 1.60. The molecule has 120 valence electrons. The van der Waals surface area contributed by atoms with E-state index in [1.807, 2.05) is 24.3 Å². The monoisotopic (exact) mass is 340 g/mol. The Balaban J connectivity index is 1.92. The second-order valence-electron chi connectivity index (χ2n) is 5.45. The highest BCUT2D eigenvalue weighted by molar-refractivity contribution is 7.89. The molecule has 2 heterocycles. The number of hydrogen-bond donors (Lipinski definition) is 0. The number of fused-ring (bicyclic) bond motifs is 1. The molecule has 5 nitrogen and oxygen atoms in total. The second kappa shape index (κ2) is 6.62. The van der Waals surface area contributed by atoms with Crippen LogP contribution in [0, 0.1) is 0 Å². The van der Waals surface area contributed by atoms with Crippen LogP contribution in [-0.4, -0.2) is 43.7 Å². The quantitative estimate of drug-likeness (QED) is 0.840. The molecule has 1 aromatic heterocycles. The number of nitrogens with zero attached hydrogens (tertiary/aromatic N) is 2. The number of piperidine rings is 1. The SMILES string of the molecule is COCCS(=O)(=O)N1CCCCC1c1nc2ccccc2s1. The molecule has 0 saturated carbocycles. The number of rotatable bonds is 5. The van der Waals surface area contributed by atoms with E-state index in [1.54, 1.807) is 15.6 Å². The van der Waals surface area contributed by atoms with Crippen molar-refractivity contribution in [2.24, 2.45) is 0 Å². The molecule has 22 heavy (non-hydrogen) atoms. The van der Waals surface area contributed by atoms with Gasteiger partial charge in [-0.1, -0.05) is 18.6 Å². The Morgan fingerprint density at radius 3 is 2.95 bits per heavy atom. The summed E-state index contributed by atoms with van der Waals surface area (Å²) in [4.78, 5) is 4.66. The molecule has 0 bridgehead atoms. The van der Waals surface area contributed by atoms with Crippen molar-refractivity contribution in [3.8, 4) is 0 Å². The lowest BCUT2D eigenvalue weighted by Crippen LogP contribution is -2.40. The maximum Gasteiger partial charge on any atom is 0.217 e. The van der Waals surface area contributed by atoms with E-state index in [0.717, 1.165) is 34.5 Å². The average molecular weight is 340 g/mol.